The summed E-state index contributed by atoms with van der Waals surface area (Å²) in [6.07, 6.45) is 7.26. The lowest BCUT2D eigenvalue weighted by atomic mass is 9.95. The molecule has 1 fully saturated rings. The molecule has 3 rings (SSSR count). The molecular weight excluding hydrogens is 340 g/mol. The van der Waals surface area contributed by atoms with Gasteiger partial charge in [0.15, 0.2) is 11.5 Å². The Morgan fingerprint density at radius 3 is 2.52 bits per heavy atom. The maximum absolute atomic E-state index is 5.37. The normalized spacial score (nSPS) is 14.6. The van der Waals surface area contributed by atoms with Gasteiger partial charge < -0.3 is 20.1 Å². The first-order valence-electron chi connectivity index (χ1n) is 9.75. The van der Waals surface area contributed by atoms with Gasteiger partial charge in [0.2, 0.25) is 5.95 Å². The number of hydrogen-bond acceptors (Lipinski definition) is 6. The van der Waals surface area contributed by atoms with Gasteiger partial charge in [0.1, 0.15) is 5.82 Å². The highest BCUT2D eigenvalue weighted by Gasteiger charge is 2.14. The molecule has 1 aliphatic rings. The number of ether oxygens (including phenoxy) is 2. The van der Waals surface area contributed by atoms with Gasteiger partial charge in [-0.2, -0.15) is 4.98 Å². The van der Waals surface area contributed by atoms with Crippen LogP contribution in [0.3, 0.4) is 0 Å². The van der Waals surface area contributed by atoms with Crippen molar-refractivity contribution >= 4 is 11.8 Å². The second-order valence-corrected chi connectivity index (χ2v) is 7.06. The van der Waals surface area contributed by atoms with Crippen LogP contribution >= 0.6 is 0 Å². The van der Waals surface area contributed by atoms with E-state index in [1.54, 1.807) is 14.2 Å². The molecule has 27 heavy (non-hydrogen) atoms. The van der Waals surface area contributed by atoms with Gasteiger partial charge >= 0.3 is 0 Å². The van der Waals surface area contributed by atoms with Gasteiger partial charge in [0.25, 0.3) is 0 Å². The fourth-order valence-corrected chi connectivity index (χ4v) is 3.53. The van der Waals surface area contributed by atoms with Crippen LogP contribution in [0.25, 0.3) is 0 Å². The minimum Gasteiger partial charge on any atom is -0.493 e. The molecule has 0 atom stereocenters. The number of nitrogens with one attached hydrogen (secondary N) is 2. The van der Waals surface area contributed by atoms with Gasteiger partial charge in [-0.25, -0.2) is 4.98 Å². The van der Waals surface area contributed by atoms with Crippen LogP contribution in [0.5, 0.6) is 11.5 Å². The van der Waals surface area contributed by atoms with Crippen molar-refractivity contribution in [1.29, 1.82) is 0 Å². The van der Waals surface area contributed by atoms with E-state index in [-0.39, 0.29) is 0 Å². The third kappa shape index (κ3) is 5.49. The molecule has 0 amide bonds. The molecule has 2 N–H and O–H groups in total. The first-order chi connectivity index (χ1) is 13.2. The highest BCUT2D eigenvalue weighted by Crippen LogP contribution is 2.27. The molecule has 1 aromatic heterocycles. The molecule has 0 bridgehead atoms. The number of anilines is 2. The molecule has 0 saturated heterocycles. The summed E-state index contributed by atoms with van der Waals surface area (Å²) in [5.41, 5.74) is 2.14. The fraction of sp³-hybridized carbons (Fsp3) is 0.524. The van der Waals surface area contributed by atoms with E-state index in [1.807, 2.05) is 25.1 Å². The summed E-state index contributed by atoms with van der Waals surface area (Å²) in [4.78, 5) is 9.15. The van der Waals surface area contributed by atoms with E-state index in [0.29, 0.717) is 12.0 Å². The number of nitrogens with zero attached hydrogens (tertiary/aromatic N) is 2. The highest BCUT2D eigenvalue weighted by atomic mass is 16.5. The molecule has 1 aliphatic carbocycles. The summed E-state index contributed by atoms with van der Waals surface area (Å²) < 4.78 is 10.7. The summed E-state index contributed by atoms with van der Waals surface area (Å²) in [6.45, 7) is 2.76. The predicted octanol–water partition coefficient (Wildman–Crippen LogP) is 4.20. The van der Waals surface area contributed by atoms with Gasteiger partial charge in [0, 0.05) is 24.3 Å². The van der Waals surface area contributed by atoms with Crippen molar-refractivity contribution in [2.24, 2.45) is 0 Å². The Balaban J connectivity index is 1.57. The SMILES string of the molecule is COc1ccc(CCNc2nc(C)cc(NC3CCCCC3)n2)cc1OC. The molecule has 6 heteroatoms. The average Bonchev–Trinajstić information content (AvgIpc) is 2.68. The molecule has 0 aliphatic heterocycles. The number of aromatic nitrogens is 2. The van der Waals surface area contributed by atoms with Crippen molar-refractivity contribution in [2.45, 2.75) is 51.5 Å². The average molecular weight is 370 g/mol. The fourth-order valence-electron chi connectivity index (χ4n) is 3.53. The first kappa shape index (κ1) is 19.3. The number of methoxy groups -OCH3 is 2. The zero-order chi connectivity index (χ0) is 19.1. The molecule has 0 radical (unpaired) electrons. The van der Waals surface area contributed by atoms with Gasteiger partial charge in [-0.05, 0) is 43.9 Å². The number of aryl methyl sites for hydroxylation is 1. The molecule has 1 heterocycles. The summed E-state index contributed by atoms with van der Waals surface area (Å²) in [7, 11) is 3.30. The second kappa shape index (κ2) is 9.44. The Morgan fingerprint density at radius 1 is 1.00 bits per heavy atom. The quantitative estimate of drug-likeness (QED) is 0.726. The Morgan fingerprint density at radius 2 is 1.78 bits per heavy atom. The Kier molecular flexibility index (Phi) is 6.74. The summed E-state index contributed by atoms with van der Waals surface area (Å²) in [6, 6.07) is 8.55. The largest absolute Gasteiger partial charge is 0.493 e. The van der Waals surface area contributed by atoms with Crippen LogP contribution in [0.2, 0.25) is 0 Å². The standard InChI is InChI=1S/C21H30N4O2/c1-15-13-20(24-17-7-5-4-6-8-17)25-21(23-15)22-12-11-16-9-10-18(26-2)19(14-16)27-3/h9-10,13-14,17H,4-8,11-12H2,1-3H3,(H2,22,23,24,25). The smallest absolute Gasteiger partial charge is 0.224 e. The topological polar surface area (TPSA) is 68.3 Å². The maximum atomic E-state index is 5.37. The van der Waals surface area contributed by atoms with Gasteiger partial charge in [-0.3, -0.25) is 0 Å². The molecule has 0 unspecified atom stereocenters. The van der Waals surface area contributed by atoms with E-state index in [0.717, 1.165) is 36.0 Å². The van der Waals surface area contributed by atoms with E-state index < -0.39 is 0 Å². The highest BCUT2D eigenvalue weighted by molar-refractivity contribution is 5.44. The minimum atomic E-state index is 0.535. The second-order valence-electron chi connectivity index (χ2n) is 7.06. The van der Waals surface area contributed by atoms with Crippen molar-refractivity contribution in [1.82, 2.24) is 9.97 Å². The Hall–Kier alpha value is -2.50. The lowest BCUT2D eigenvalue weighted by Crippen LogP contribution is -2.23. The van der Waals surface area contributed by atoms with Crippen LogP contribution in [-0.4, -0.2) is 36.8 Å². The van der Waals surface area contributed by atoms with Crippen molar-refractivity contribution < 1.29 is 9.47 Å². The van der Waals surface area contributed by atoms with Crippen LogP contribution in [0, 0.1) is 6.92 Å². The zero-order valence-electron chi connectivity index (χ0n) is 16.5. The Bertz CT molecular complexity index is 745. The molecule has 0 spiro atoms. The third-order valence-electron chi connectivity index (χ3n) is 4.96. The summed E-state index contributed by atoms with van der Waals surface area (Å²) in [5.74, 6) is 3.09. The van der Waals surface area contributed by atoms with Crippen LogP contribution in [0.1, 0.15) is 43.4 Å². The number of benzene rings is 1. The van der Waals surface area contributed by atoms with E-state index >= 15 is 0 Å². The monoisotopic (exact) mass is 370 g/mol. The summed E-state index contributed by atoms with van der Waals surface area (Å²) in [5, 5.41) is 6.92. The number of rotatable bonds is 8. The van der Waals surface area contributed by atoms with Crippen LogP contribution in [-0.2, 0) is 6.42 Å². The van der Waals surface area contributed by atoms with Crippen molar-refractivity contribution in [3.63, 3.8) is 0 Å². The van der Waals surface area contributed by atoms with E-state index in [2.05, 4.69) is 26.7 Å². The Labute approximate surface area is 161 Å². The zero-order valence-corrected chi connectivity index (χ0v) is 16.5. The maximum Gasteiger partial charge on any atom is 0.224 e. The van der Waals surface area contributed by atoms with Crippen LogP contribution in [0.15, 0.2) is 24.3 Å². The lowest BCUT2D eigenvalue weighted by Gasteiger charge is -2.23. The lowest BCUT2D eigenvalue weighted by molar-refractivity contribution is 0.354. The van der Waals surface area contributed by atoms with Crippen molar-refractivity contribution in [2.75, 3.05) is 31.4 Å². The van der Waals surface area contributed by atoms with Crippen LogP contribution < -0.4 is 20.1 Å². The van der Waals surface area contributed by atoms with Crippen molar-refractivity contribution in [3.8, 4) is 11.5 Å². The molecule has 146 valence electrons. The van der Waals surface area contributed by atoms with Gasteiger partial charge in [-0.1, -0.05) is 25.3 Å². The molecule has 1 saturated carbocycles. The number of hydrogen-bond donors (Lipinski definition) is 2. The van der Waals surface area contributed by atoms with Crippen molar-refractivity contribution in [3.05, 3.63) is 35.5 Å². The molecule has 6 nitrogen and oxygen atoms in total. The minimum absolute atomic E-state index is 0.535. The van der Waals surface area contributed by atoms with E-state index in [9.17, 15) is 0 Å². The van der Waals surface area contributed by atoms with Crippen LogP contribution in [0.4, 0.5) is 11.8 Å². The van der Waals surface area contributed by atoms with Gasteiger partial charge in [0.05, 0.1) is 14.2 Å². The molecule has 2 aromatic rings. The first-order valence-corrected chi connectivity index (χ1v) is 9.75. The molecule has 1 aromatic carbocycles. The van der Waals surface area contributed by atoms with E-state index in [1.165, 1.54) is 37.7 Å². The predicted molar refractivity (Wildman–Crippen MR) is 109 cm³/mol. The summed E-state index contributed by atoms with van der Waals surface area (Å²) >= 11 is 0. The van der Waals surface area contributed by atoms with E-state index in [4.69, 9.17) is 9.47 Å². The van der Waals surface area contributed by atoms with Gasteiger partial charge in [-0.15, -0.1) is 0 Å². The molecular formula is C21H30N4O2. The third-order valence-corrected chi connectivity index (χ3v) is 4.96.